The lowest BCUT2D eigenvalue weighted by Gasteiger charge is -2.26. The number of rotatable bonds is 6. The molecule has 0 N–H and O–H groups in total. The lowest BCUT2D eigenvalue weighted by atomic mass is 10.00. The zero-order chi connectivity index (χ0) is 30.0. The highest BCUT2D eigenvalue weighted by Crippen LogP contribution is 2.38. The molecule has 0 amide bonds. The van der Waals surface area contributed by atoms with E-state index >= 15 is 0 Å². The van der Waals surface area contributed by atoms with Gasteiger partial charge in [0, 0.05) is 17.1 Å². The molecule has 0 fully saturated rings. The second kappa shape index (κ2) is 11.6. The number of fused-ring (bicyclic) bond motifs is 2. The third-order valence-electron chi connectivity index (χ3n) is 8.65. The molecule has 0 bridgehead atoms. The molecule has 1 nitrogen and oxygen atoms in total. The number of benzene rings is 8. The van der Waals surface area contributed by atoms with Crippen molar-refractivity contribution in [2.24, 2.45) is 0 Å². The van der Waals surface area contributed by atoms with Gasteiger partial charge in [-0.05, 0) is 103 Å². The molecule has 0 atom stereocenters. The fraction of sp³-hybridized carbons (Fsp3) is 0. The number of nitrogens with zero attached hydrogens (tertiary/aromatic N) is 1. The zero-order valence-corrected chi connectivity index (χ0v) is 24.8. The monoisotopic (exact) mass is 573 g/mol. The van der Waals surface area contributed by atoms with Crippen LogP contribution < -0.4 is 4.90 Å². The van der Waals surface area contributed by atoms with E-state index in [-0.39, 0.29) is 0 Å². The van der Waals surface area contributed by atoms with Crippen molar-refractivity contribution < 1.29 is 0 Å². The molecule has 0 saturated heterocycles. The van der Waals surface area contributed by atoms with Gasteiger partial charge in [0.15, 0.2) is 0 Å². The van der Waals surface area contributed by atoms with Crippen LogP contribution in [-0.4, -0.2) is 0 Å². The second-order valence-electron chi connectivity index (χ2n) is 11.5. The average molecular weight is 574 g/mol. The first-order valence-corrected chi connectivity index (χ1v) is 15.4. The fourth-order valence-corrected chi connectivity index (χ4v) is 6.22. The topological polar surface area (TPSA) is 3.24 Å². The van der Waals surface area contributed by atoms with Crippen LogP contribution >= 0.6 is 0 Å². The summed E-state index contributed by atoms with van der Waals surface area (Å²) in [4.78, 5) is 2.34. The lowest BCUT2D eigenvalue weighted by molar-refractivity contribution is 1.28. The maximum absolute atomic E-state index is 2.34. The van der Waals surface area contributed by atoms with Crippen LogP contribution in [0.4, 0.5) is 17.1 Å². The molecule has 1 heteroatoms. The molecule has 8 rings (SSSR count). The predicted molar refractivity (Wildman–Crippen MR) is 192 cm³/mol. The minimum Gasteiger partial charge on any atom is -0.311 e. The van der Waals surface area contributed by atoms with Crippen molar-refractivity contribution in [1.82, 2.24) is 0 Å². The van der Waals surface area contributed by atoms with E-state index in [9.17, 15) is 0 Å². The van der Waals surface area contributed by atoms with Crippen molar-refractivity contribution in [2.75, 3.05) is 4.90 Å². The van der Waals surface area contributed by atoms with Crippen molar-refractivity contribution in [3.63, 3.8) is 0 Å². The molecule has 0 spiro atoms. The van der Waals surface area contributed by atoms with Gasteiger partial charge >= 0.3 is 0 Å². The summed E-state index contributed by atoms with van der Waals surface area (Å²) >= 11 is 0. The molecular weight excluding hydrogens is 542 g/mol. The van der Waals surface area contributed by atoms with Crippen molar-refractivity contribution >= 4 is 38.6 Å². The first-order chi connectivity index (χ1) is 22.3. The Kier molecular flexibility index (Phi) is 6.90. The maximum atomic E-state index is 2.34. The van der Waals surface area contributed by atoms with E-state index in [0.29, 0.717) is 0 Å². The van der Waals surface area contributed by atoms with Gasteiger partial charge in [-0.2, -0.15) is 0 Å². The third-order valence-corrected chi connectivity index (χ3v) is 8.65. The molecule has 0 aliphatic carbocycles. The van der Waals surface area contributed by atoms with Crippen LogP contribution in [0.15, 0.2) is 188 Å². The molecule has 0 aromatic heterocycles. The van der Waals surface area contributed by atoms with Crippen LogP contribution in [0.2, 0.25) is 0 Å². The Morgan fingerprint density at radius 1 is 0.222 bits per heavy atom. The Morgan fingerprint density at radius 3 is 0.956 bits per heavy atom. The fourth-order valence-electron chi connectivity index (χ4n) is 6.22. The van der Waals surface area contributed by atoms with Gasteiger partial charge in [0.2, 0.25) is 0 Å². The SMILES string of the molecule is c1ccc(-c2ccc(N(c3ccc(-c4ccc5ccccc5c4)cc3)c3ccc(-c4ccc5ccccc5c4)cc3)cc2)cc1. The first kappa shape index (κ1) is 26.7. The minimum absolute atomic E-state index is 1.12. The summed E-state index contributed by atoms with van der Waals surface area (Å²) in [6.07, 6.45) is 0. The van der Waals surface area contributed by atoms with E-state index < -0.39 is 0 Å². The van der Waals surface area contributed by atoms with Crippen molar-refractivity contribution in [3.8, 4) is 33.4 Å². The second-order valence-corrected chi connectivity index (χ2v) is 11.5. The Hall–Kier alpha value is -5.92. The summed E-state index contributed by atoms with van der Waals surface area (Å²) in [7, 11) is 0. The summed E-state index contributed by atoms with van der Waals surface area (Å²) in [5, 5.41) is 5.03. The van der Waals surface area contributed by atoms with Crippen LogP contribution in [0, 0.1) is 0 Å². The highest BCUT2D eigenvalue weighted by Gasteiger charge is 2.14. The van der Waals surface area contributed by atoms with Gasteiger partial charge in [-0.1, -0.05) is 140 Å². The highest BCUT2D eigenvalue weighted by atomic mass is 15.1. The van der Waals surface area contributed by atoms with E-state index in [1.165, 1.54) is 54.9 Å². The van der Waals surface area contributed by atoms with E-state index in [1.807, 2.05) is 0 Å². The smallest absolute Gasteiger partial charge is 0.0462 e. The molecule has 0 radical (unpaired) electrons. The summed E-state index contributed by atoms with van der Waals surface area (Å²) < 4.78 is 0. The molecule has 0 heterocycles. The molecular formula is C44H31N. The van der Waals surface area contributed by atoms with Crippen LogP contribution in [0.1, 0.15) is 0 Å². The molecule has 45 heavy (non-hydrogen) atoms. The molecule has 8 aromatic carbocycles. The van der Waals surface area contributed by atoms with E-state index in [0.717, 1.165) is 17.1 Å². The number of anilines is 3. The summed E-state index contributed by atoms with van der Waals surface area (Å²) in [6, 6.07) is 67.7. The van der Waals surface area contributed by atoms with Gasteiger partial charge in [0.25, 0.3) is 0 Å². The van der Waals surface area contributed by atoms with Crippen LogP contribution in [0.5, 0.6) is 0 Å². The normalized spacial score (nSPS) is 11.1. The molecule has 0 unspecified atom stereocenters. The Labute approximate surface area is 264 Å². The highest BCUT2D eigenvalue weighted by molar-refractivity contribution is 5.89. The van der Waals surface area contributed by atoms with Crippen molar-refractivity contribution in [1.29, 1.82) is 0 Å². The number of hydrogen-bond donors (Lipinski definition) is 0. The molecule has 0 aliphatic heterocycles. The van der Waals surface area contributed by atoms with Gasteiger partial charge in [0.05, 0.1) is 0 Å². The van der Waals surface area contributed by atoms with Gasteiger partial charge in [-0.25, -0.2) is 0 Å². The Balaban J connectivity index is 1.16. The van der Waals surface area contributed by atoms with E-state index in [2.05, 4.69) is 193 Å². The van der Waals surface area contributed by atoms with Crippen LogP contribution in [0.25, 0.3) is 54.9 Å². The van der Waals surface area contributed by atoms with Crippen LogP contribution in [0.3, 0.4) is 0 Å². The first-order valence-electron chi connectivity index (χ1n) is 15.4. The summed E-state index contributed by atoms with van der Waals surface area (Å²) in [6.45, 7) is 0. The van der Waals surface area contributed by atoms with Gasteiger partial charge in [-0.15, -0.1) is 0 Å². The Bertz CT molecular complexity index is 2110. The zero-order valence-electron chi connectivity index (χ0n) is 24.8. The van der Waals surface area contributed by atoms with Crippen molar-refractivity contribution in [2.45, 2.75) is 0 Å². The van der Waals surface area contributed by atoms with Gasteiger partial charge in [-0.3, -0.25) is 0 Å². The Morgan fingerprint density at radius 2 is 0.533 bits per heavy atom. The average Bonchev–Trinajstić information content (AvgIpc) is 3.12. The van der Waals surface area contributed by atoms with E-state index in [1.54, 1.807) is 0 Å². The van der Waals surface area contributed by atoms with E-state index in [4.69, 9.17) is 0 Å². The lowest BCUT2D eigenvalue weighted by Crippen LogP contribution is -2.09. The molecule has 8 aromatic rings. The minimum atomic E-state index is 1.12. The number of hydrogen-bond acceptors (Lipinski definition) is 1. The standard InChI is InChI=1S/C44H31N/c1-2-8-32(9-3-1)35-18-24-42(25-19-35)45(43-26-20-36(21-27-43)40-16-14-33-10-4-6-12-38(33)30-40)44-28-22-37(23-29-44)41-17-15-34-11-5-7-13-39(34)31-41/h1-31H. The maximum Gasteiger partial charge on any atom is 0.0462 e. The largest absolute Gasteiger partial charge is 0.311 e. The third kappa shape index (κ3) is 5.37. The van der Waals surface area contributed by atoms with Gasteiger partial charge in [0.1, 0.15) is 0 Å². The quantitative estimate of drug-likeness (QED) is 0.191. The molecule has 0 aliphatic rings. The van der Waals surface area contributed by atoms with Crippen molar-refractivity contribution in [3.05, 3.63) is 188 Å². The van der Waals surface area contributed by atoms with Gasteiger partial charge < -0.3 is 4.90 Å². The van der Waals surface area contributed by atoms with Crippen LogP contribution in [-0.2, 0) is 0 Å². The predicted octanol–water partition coefficient (Wildman–Crippen LogP) is 12.5. The molecule has 212 valence electrons. The molecule has 0 saturated carbocycles. The summed E-state index contributed by atoms with van der Waals surface area (Å²) in [5.74, 6) is 0. The summed E-state index contributed by atoms with van der Waals surface area (Å²) in [5.41, 5.74) is 10.6.